The van der Waals surface area contributed by atoms with Crippen LogP contribution in [0.3, 0.4) is 0 Å². The minimum Gasteiger partial charge on any atom is -0.494 e. The maximum absolute atomic E-state index is 13.8. The predicted octanol–water partition coefficient (Wildman–Crippen LogP) is 7.18. The van der Waals surface area contributed by atoms with Gasteiger partial charge in [0.1, 0.15) is 17.4 Å². The van der Waals surface area contributed by atoms with E-state index in [-0.39, 0.29) is 5.56 Å². The molecule has 3 rings (SSSR count). The lowest BCUT2D eigenvalue weighted by atomic mass is 9.99. The van der Waals surface area contributed by atoms with Crippen molar-refractivity contribution >= 4 is 11.6 Å². The van der Waals surface area contributed by atoms with Crippen LogP contribution >= 0.6 is 11.6 Å². The van der Waals surface area contributed by atoms with E-state index in [2.05, 4.69) is 0 Å². The van der Waals surface area contributed by atoms with Crippen molar-refractivity contribution in [1.29, 1.82) is 0 Å². The number of hydrogen-bond donors (Lipinski definition) is 0. The summed E-state index contributed by atoms with van der Waals surface area (Å²) in [7, 11) is 0. The number of benzene rings is 3. The molecule has 2 unspecified atom stereocenters. The van der Waals surface area contributed by atoms with Gasteiger partial charge in [-0.3, -0.25) is 0 Å². The van der Waals surface area contributed by atoms with Gasteiger partial charge in [0.2, 0.25) is 6.29 Å². The Morgan fingerprint density at radius 3 is 2.00 bits per heavy atom. The van der Waals surface area contributed by atoms with E-state index in [1.165, 1.54) is 24.3 Å². The lowest BCUT2D eigenvalue weighted by Gasteiger charge is -2.25. The minimum atomic E-state index is -4.49. The molecule has 0 saturated heterocycles. The Morgan fingerprint density at radius 1 is 0.806 bits per heavy atom. The molecular weight excluding hydrogens is 429 g/mol. The number of alkyl halides is 3. The molecule has 0 aliphatic rings. The molecule has 0 amide bonds. The zero-order valence-electron chi connectivity index (χ0n) is 16.8. The summed E-state index contributed by atoms with van der Waals surface area (Å²) in [5, 5.41) is 0.525. The number of halogens is 4. The van der Waals surface area contributed by atoms with Crippen molar-refractivity contribution in [3.05, 3.63) is 95.0 Å². The molecule has 0 N–H and O–H groups in total. The summed E-state index contributed by atoms with van der Waals surface area (Å²) < 4.78 is 58.3. The van der Waals surface area contributed by atoms with Gasteiger partial charge in [0.15, 0.2) is 0 Å². The summed E-state index contributed by atoms with van der Waals surface area (Å²) in [6.07, 6.45) is -5.51. The molecule has 0 spiro atoms. The molecule has 0 aliphatic carbocycles. The first-order chi connectivity index (χ1) is 14.9. The number of rotatable bonds is 9. The summed E-state index contributed by atoms with van der Waals surface area (Å²) in [4.78, 5) is 0. The Kier molecular flexibility index (Phi) is 7.82. The topological polar surface area (TPSA) is 27.7 Å². The van der Waals surface area contributed by atoms with E-state index < -0.39 is 25.0 Å². The maximum atomic E-state index is 13.8. The summed E-state index contributed by atoms with van der Waals surface area (Å²) in [6, 6.07) is 21.2. The van der Waals surface area contributed by atoms with Crippen LogP contribution in [0.1, 0.15) is 30.3 Å². The van der Waals surface area contributed by atoms with Crippen molar-refractivity contribution in [2.45, 2.75) is 25.3 Å². The fraction of sp³-hybridized carbons (Fsp3) is 0.250. The predicted molar refractivity (Wildman–Crippen MR) is 114 cm³/mol. The molecule has 0 heterocycles. The van der Waals surface area contributed by atoms with Crippen molar-refractivity contribution < 1.29 is 27.4 Å². The second-order valence-electron chi connectivity index (χ2n) is 6.74. The molecule has 0 radical (unpaired) electrons. The van der Waals surface area contributed by atoms with Gasteiger partial charge in [-0.1, -0.05) is 54.1 Å². The monoisotopic (exact) mass is 450 g/mol. The van der Waals surface area contributed by atoms with Crippen LogP contribution in [0.2, 0.25) is 5.02 Å². The van der Waals surface area contributed by atoms with Gasteiger partial charge in [-0.05, 0) is 48.9 Å². The van der Waals surface area contributed by atoms with Crippen LogP contribution in [0, 0.1) is 0 Å². The van der Waals surface area contributed by atoms with Crippen LogP contribution in [0.4, 0.5) is 13.2 Å². The van der Waals surface area contributed by atoms with E-state index in [4.69, 9.17) is 25.8 Å². The summed E-state index contributed by atoms with van der Waals surface area (Å²) in [6.45, 7) is 1.64. The van der Waals surface area contributed by atoms with Crippen molar-refractivity contribution in [2.24, 2.45) is 0 Å². The van der Waals surface area contributed by atoms with E-state index in [0.717, 1.165) is 0 Å². The normalized spacial score (nSPS) is 13.5. The van der Waals surface area contributed by atoms with Crippen LogP contribution in [0.25, 0.3) is 0 Å². The van der Waals surface area contributed by atoms with Crippen molar-refractivity contribution in [3.63, 3.8) is 0 Å². The highest BCUT2D eigenvalue weighted by molar-refractivity contribution is 6.30. The quantitative estimate of drug-likeness (QED) is 0.323. The first-order valence-electron chi connectivity index (χ1n) is 9.75. The first kappa shape index (κ1) is 23.0. The molecule has 164 valence electrons. The molecule has 2 atom stereocenters. The van der Waals surface area contributed by atoms with Gasteiger partial charge in [0, 0.05) is 10.6 Å². The Balaban J connectivity index is 1.80. The Hall–Kier alpha value is -2.70. The molecule has 0 aromatic heterocycles. The Labute approximate surface area is 184 Å². The van der Waals surface area contributed by atoms with Crippen LogP contribution in [-0.4, -0.2) is 19.4 Å². The third kappa shape index (κ3) is 6.64. The second-order valence-corrected chi connectivity index (χ2v) is 7.18. The fourth-order valence-corrected chi connectivity index (χ4v) is 3.10. The van der Waals surface area contributed by atoms with Crippen LogP contribution in [0.15, 0.2) is 78.9 Å². The van der Waals surface area contributed by atoms with Crippen LogP contribution < -0.4 is 9.47 Å². The molecule has 0 saturated carbocycles. The van der Waals surface area contributed by atoms with Gasteiger partial charge in [-0.25, -0.2) is 0 Å². The molecule has 3 aromatic rings. The third-order valence-electron chi connectivity index (χ3n) is 4.53. The Morgan fingerprint density at radius 2 is 1.42 bits per heavy atom. The summed E-state index contributed by atoms with van der Waals surface area (Å²) in [5.74, 6) is -0.868. The highest BCUT2D eigenvalue weighted by Gasteiger charge is 2.41. The highest BCUT2D eigenvalue weighted by atomic mass is 35.5. The standard InChI is InChI=1S/C24H22ClF3O3/c1-2-29-20-12-8-17(9-13-20)22(24(26,27)28)16-30-23(18-6-4-3-5-7-18)31-21-14-10-19(25)11-15-21/h3-15,22-23H,2,16H2,1H3. The molecule has 0 fully saturated rings. The fourth-order valence-electron chi connectivity index (χ4n) is 2.97. The Bertz CT molecular complexity index is 929. The molecular formula is C24H22ClF3O3. The third-order valence-corrected chi connectivity index (χ3v) is 4.78. The smallest absolute Gasteiger partial charge is 0.397 e. The molecule has 0 bridgehead atoms. The molecule has 3 aromatic carbocycles. The lowest BCUT2D eigenvalue weighted by Crippen LogP contribution is -2.27. The lowest BCUT2D eigenvalue weighted by molar-refractivity contribution is -0.180. The van der Waals surface area contributed by atoms with Crippen LogP contribution in [-0.2, 0) is 4.74 Å². The maximum Gasteiger partial charge on any atom is 0.397 e. The van der Waals surface area contributed by atoms with E-state index in [9.17, 15) is 13.2 Å². The zero-order chi connectivity index (χ0) is 22.3. The van der Waals surface area contributed by atoms with Gasteiger partial charge in [0.25, 0.3) is 0 Å². The molecule has 7 heteroatoms. The van der Waals surface area contributed by atoms with Gasteiger partial charge >= 0.3 is 6.18 Å². The van der Waals surface area contributed by atoms with Gasteiger partial charge < -0.3 is 14.2 Å². The number of ether oxygens (including phenoxy) is 3. The second kappa shape index (κ2) is 10.6. The first-order valence-corrected chi connectivity index (χ1v) is 10.1. The highest BCUT2D eigenvalue weighted by Crippen LogP contribution is 2.37. The number of hydrogen-bond acceptors (Lipinski definition) is 3. The molecule has 31 heavy (non-hydrogen) atoms. The van der Waals surface area contributed by atoms with Crippen molar-refractivity contribution in [3.8, 4) is 11.5 Å². The largest absolute Gasteiger partial charge is 0.494 e. The van der Waals surface area contributed by atoms with Gasteiger partial charge in [-0.15, -0.1) is 0 Å². The van der Waals surface area contributed by atoms with Crippen molar-refractivity contribution in [1.82, 2.24) is 0 Å². The van der Waals surface area contributed by atoms with E-state index in [0.29, 0.717) is 28.7 Å². The average molecular weight is 451 g/mol. The zero-order valence-corrected chi connectivity index (χ0v) is 17.6. The summed E-state index contributed by atoms with van der Waals surface area (Å²) in [5.41, 5.74) is 0.694. The van der Waals surface area contributed by atoms with E-state index in [1.807, 2.05) is 6.92 Å². The van der Waals surface area contributed by atoms with E-state index in [1.54, 1.807) is 54.6 Å². The minimum absolute atomic E-state index is 0.0919. The average Bonchev–Trinajstić information content (AvgIpc) is 2.75. The molecule has 3 nitrogen and oxygen atoms in total. The van der Waals surface area contributed by atoms with E-state index >= 15 is 0 Å². The van der Waals surface area contributed by atoms with Gasteiger partial charge in [0.05, 0.1) is 13.2 Å². The van der Waals surface area contributed by atoms with Gasteiger partial charge in [-0.2, -0.15) is 13.2 Å². The van der Waals surface area contributed by atoms with Crippen LogP contribution in [0.5, 0.6) is 11.5 Å². The summed E-state index contributed by atoms with van der Waals surface area (Å²) >= 11 is 5.90. The SMILES string of the molecule is CCOc1ccc(C(COC(Oc2ccc(Cl)cc2)c2ccccc2)C(F)(F)F)cc1. The van der Waals surface area contributed by atoms with Crippen molar-refractivity contribution in [2.75, 3.05) is 13.2 Å². The molecule has 0 aliphatic heterocycles.